The highest BCUT2D eigenvalue weighted by atomic mass is 35.5. The first-order valence-corrected chi connectivity index (χ1v) is 10.6. The molecule has 2 aromatic heterocycles. The van der Waals surface area contributed by atoms with E-state index in [0.717, 1.165) is 57.3 Å². The van der Waals surface area contributed by atoms with Crippen LogP contribution in [0.2, 0.25) is 5.28 Å². The van der Waals surface area contributed by atoms with Gasteiger partial charge in [-0.1, -0.05) is 0 Å². The monoisotopic (exact) mass is 420 g/mol. The highest BCUT2D eigenvalue weighted by Crippen LogP contribution is 2.19. The molecule has 2 aliphatic rings. The molecule has 0 bridgehead atoms. The van der Waals surface area contributed by atoms with Crippen molar-refractivity contribution in [2.24, 2.45) is 17.2 Å². The van der Waals surface area contributed by atoms with Gasteiger partial charge in [0.25, 0.3) is 0 Å². The molecule has 0 spiro atoms. The second-order valence-electron chi connectivity index (χ2n) is 7.52. The van der Waals surface area contributed by atoms with Gasteiger partial charge in [-0.2, -0.15) is 0 Å². The van der Waals surface area contributed by atoms with Gasteiger partial charge in [-0.15, -0.1) is 0 Å². The third-order valence-electron chi connectivity index (χ3n) is 5.02. The minimum atomic E-state index is 0.294. The lowest BCUT2D eigenvalue weighted by Crippen LogP contribution is -2.33. The van der Waals surface area contributed by atoms with Gasteiger partial charge in [0, 0.05) is 49.0 Å². The Morgan fingerprint density at radius 3 is 1.41 bits per heavy atom. The van der Waals surface area contributed by atoms with Crippen LogP contribution in [0.4, 0.5) is 5.95 Å². The van der Waals surface area contributed by atoms with E-state index in [0.29, 0.717) is 29.5 Å². The zero-order valence-corrected chi connectivity index (χ0v) is 17.6. The smallest absolute Gasteiger partial charge is 0.222 e. The summed E-state index contributed by atoms with van der Waals surface area (Å²) in [5, 5.41) is 3.62. The number of rotatable bonds is 2. The Balaban J connectivity index is 0.000000170. The van der Waals surface area contributed by atoms with E-state index in [2.05, 4.69) is 25.3 Å². The SMILES string of the molecule is Clc1ncccn1.NC1CCC(N)CC1.NC1CCC(Nc2ncccn2)CC1. The molecule has 7 N–H and O–H groups in total. The van der Waals surface area contributed by atoms with Crippen molar-refractivity contribution in [2.45, 2.75) is 75.5 Å². The van der Waals surface area contributed by atoms with Crippen LogP contribution in [0.15, 0.2) is 36.9 Å². The van der Waals surface area contributed by atoms with Gasteiger partial charge in [-0.25, -0.2) is 19.9 Å². The molecule has 2 heterocycles. The van der Waals surface area contributed by atoms with Crippen LogP contribution in [0.1, 0.15) is 51.4 Å². The minimum absolute atomic E-state index is 0.294. The molecule has 29 heavy (non-hydrogen) atoms. The Labute approximate surface area is 178 Å². The molecule has 0 aromatic carbocycles. The van der Waals surface area contributed by atoms with Gasteiger partial charge in [-0.05, 0) is 75.1 Å². The summed E-state index contributed by atoms with van der Waals surface area (Å²) >= 11 is 5.32. The van der Waals surface area contributed by atoms with Gasteiger partial charge in [0.15, 0.2) is 0 Å². The van der Waals surface area contributed by atoms with Gasteiger partial charge in [0.1, 0.15) is 0 Å². The molecule has 160 valence electrons. The van der Waals surface area contributed by atoms with Crippen molar-refractivity contribution in [3.8, 4) is 0 Å². The Bertz CT molecular complexity index is 634. The number of aromatic nitrogens is 4. The minimum Gasteiger partial charge on any atom is -0.351 e. The summed E-state index contributed by atoms with van der Waals surface area (Å²) in [6, 6.07) is 5.31. The standard InChI is InChI=1S/C10H16N4.C6H14N2.C4H3ClN2/c11-8-2-4-9(5-3-8)14-10-12-6-1-7-13-10;7-5-1-2-6(8)4-3-5;5-4-6-2-1-3-7-4/h1,6-9H,2-5,11H2,(H,12,13,14);5-6H,1-4,7-8H2;1-3H. The molecule has 0 amide bonds. The van der Waals surface area contributed by atoms with E-state index in [-0.39, 0.29) is 0 Å². The van der Waals surface area contributed by atoms with Crippen molar-refractivity contribution in [2.75, 3.05) is 5.32 Å². The fraction of sp³-hybridized carbons (Fsp3) is 0.600. The Morgan fingerprint density at radius 2 is 1.03 bits per heavy atom. The lowest BCUT2D eigenvalue weighted by Gasteiger charge is -2.26. The molecule has 8 nitrogen and oxygen atoms in total. The molecule has 4 rings (SSSR count). The number of anilines is 1. The maximum atomic E-state index is 5.83. The first kappa shape index (κ1) is 23.4. The topological polar surface area (TPSA) is 142 Å². The molecule has 2 fully saturated rings. The molecule has 0 aliphatic heterocycles. The lowest BCUT2D eigenvalue weighted by molar-refractivity contribution is 0.395. The van der Waals surface area contributed by atoms with E-state index in [1.165, 1.54) is 0 Å². The molecule has 0 atom stereocenters. The summed E-state index contributed by atoms with van der Waals surface area (Å²) in [5.41, 5.74) is 17.1. The van der Waals surface area contributed by atoms with E-state index >= 15 is 0 Å². The van der Waals surface area contributed by atoms with Gasteiger partial charge >= 0.3 is 0 Å². The fourth-order valence-electron chi connectivity index (χ4n) is 3.25. The van der Waals surface area contributed by atoms with Crippen molar-refractivity contribution >= 4 is 17.5 Å². The summed E-state index contributed by atoms with van der Waals surface area (Å²) in [4.78, 5) is 15.5. The summed E-state index contributed by atoms with van der Waals surface area (Å²) < 4.78 is 0. The Morgan fingerprint density at radius 1 is 0.655 bits per heavy atom. The highest BCUT2D eigenvalue weighted by Gasteiger charge is 2.18. The first-order valence-electron chi connectivity index (χ1n) is 10.3. The molecule has 0 saturated heterocycles. The number of nitrogens with one attached hydrogen (secondary N) is 1. The summed E-state index contributed by atoms with van der Waals surface area (Å²) in [5.74, 6) is 0.730. The van der Waals surface area contributed by atoms with Crippen LogP contribution in [0.3, 0.4) is 0 Å². The average molecular weight is 421 g/mol. The molecular formula is C20H33ClN8. The van der Waals surface area contributed by atoms with Crippen LogP contribution < -0.4 is 22.5 Å². The van der Waals surface area contributed by atoms with E-state index in [4.69, 9.17) is 28.8 Å². The number of halogens is 1. The van der Waals surface area contributed by atoms with Crippen LogP contribution in [0.5, 0.6) is 0 Å². The first-order chi connectivity index (χ1) is 14.0. The van der Waals surface area contributed by atoms with E-state index in [1.807, 2.05) is 6.07 Å². The summed E-state index contributed by atoms with van der Waals surface area (Å²) in [6.07, 6.45) is 15.6. The third-order valence-corrected chi connectivity index (χ3v) is 5.22. The van der Waals surface area contributed by atoms with Gasteiger partial charge in [0.05, 0.1) is 0 Å². The molecule has 9 heteroatoms. The molecule has 0 radical (unpaired) electrons. The highest BCUT2D eigenvalue weighted by molar-refractivity contribution is 6.28. The van der Waals surface area contributed by atoms with Gasteiger partial charge in [-0.3, -0.25) is 0 Å². The molecule has 2 aliphatic carbocycles. The summed E-state index contributed by atoms with van der Waals surface area (Å²) in [7, 11) is 0. The third kappa shape index (κ3) is 10.5. The van der Waals surface area contributed by atoms with Crippen molar-refractivity contribution in [1.82, 2.24) is 19.9 Å². The molecule has 2 aromatic rings. The van der Waals surface area contributed by atoms with Crippen molar-refractivity contribution in [3.05, 3.63) is 42.2 Å². The second-order valence-corrected chi connectivity index (χ2v) is 7.86. The zero-order chi connectivity index (χ0) is 20.9. The van der Waals surface area contributed by atoms with Gasteiger partial charge < -0.3 is 22.5 Å². The second kappa shape index (κ2) is 13.4. The van der Waals surface area contributed by atoms with Crippen molar-refractivity contribution in [3.63, 3.8) is 0 Å². The zero-order valence-electron chi connectivity index (χ0n) is 16.8. The van der Waals surface area contributed by atoms with Crippen LogP contribution in [-0.4, -0.2) is 44.1 Å². The lowest BCUT2D eigenvalue weighted by atomic mass is 9.92. The molecule has 0 unspecified atom stereocenters. The van der Waals surface area contributed by atoms with Crippen molar-refractivity contribution in [1.29, 1.82) is 0 Å². The maximum Gasteiger partial charge on any atom is 0.222 e. The Hall–Kier alpha value is -1.87. The maximum absolute atomic E-state index is 5.83. The van der Waals surface area contributed by atoms with E-state index < -0.39 is 0 Å². The number of nitrogens with zero attached hydrogens (tertiary/aromatic N) is 4. The largest absolute Gasteiger partial charge is 0.351 e. The normalized spacial score (nSPS) is 26.2. The predicted octanol–water partition coefficient (Wildman–Crippen LogP) is 2.50. The van der Waals surface area contributed by atoms with Crippen LogP contribution in [0, 0.1) is 0 Å². The van der Waals surface area contributed by atoms with Crippen molar-refractivity contribution < 1.29 is 0 Å². The van der Waals surface area contributed by atoms with Gasteiger partial charge in [0.2, 0.25) is 11.2 Å². The van der Waals surface area contributed by atoms with Crippen LogP contribution in [0.25, 0.3) is 0 Å². The Kier molecular flexibility index (Phi) is 10.8. The fourth-order valence-corrected chi connectivity index (χ4v) is 3.36. The van der Waals surface area contributed by atoms with E-state index in [9.17, 15) is 0 Å². The molecular weight excluding hydrogens is 388 g/mol. The number of hydrogen-bond acceptors (Lipinski definition) is 8. The summed E-state index contributed by atoms with van der Waals surface area (Å²) in [6.45, 7) is 0. The van der Waals surface area contributed by atoms with Crippen LogP contribution >= 0.6 is 11.6 Å². The van der Waals surface area contributed by atoms with E-state index in [1.54, 1.807) is 30.9 Å². The quantitative estimate of drug-likeness (QED) is 0.543. The predicted molar refractivity (Wildman–Crippen MR) is 117 cm³/mol. The molecule has 2 saturated carbocycles. The average Bonchev–Trinajstić information content (AvgIpc) is 2.74. The number of hydrogen-bond donors (Lipinski definition) is 4. The van der Waals surface area contributed by atoms with Crippen LogP contribution in [-0.2, 0) is 0 Å². The number of nitrogens with two attached hydrogens (primary N) is 3.